The first-order valence-electron chi connectivity index (χ1n) is 6.27. The zero-order valence-electron chi connectivity index (χ0n) is 11.3. The Morgan fingerprint density at radius 2 is 2.21 bits per heavy atom. The van der Waals surface area contributed by atoms with Crippen LogP contribution in [0.1, 0.15) is 11.1 Å². The molecule has 0 unspecified atom stereocenters. The Morgan fingerprint density at radius 1 is 1.42 bits per heavy atom. The van der Waals surface area contributed by atoms with Crippen LogP contribution < -0.4 is 10.6 Å². The van der Waals surface area contributed by atoms with E-state index in [2.05, 4.69) is 17.0 Å². The number of halogens is 1. The lowest BCUT2D eigenvalue weighted by Gasteiger charge is -2.22. The van der Waals surface area contributed by atoms with E-state index in [-0.39, 0.29) is 0 Å². The van der Waals surface area contributed by atoms with Gasteiger partial charge in [0.1, 0.15) is 0 Å². The van der Waals surface area contributed by atoms with E-state index < -0.39 is 0 Å². The van der Waals surface area contributed by atoms with Crippen LogP contribution >= 0.6 is 11.6 Å². The fourth-order valence-electron chi connectivity index (χ4n) is 2.17. The summed E-state index contributed by atoms with van der Waals surface area (Å²) < 4.78 is 1.81. The fourth-order valence-corrected chi connectivity index (χ4v) is 2.34. The lowest BCUT2D eigenvalue weighted by molar-refractivity contribution is 0.766. The summed E-state index contributed by atoms with van der Waals surface area (Å²) in [7, 11) is 3.97. The molecule has 0 radical (unpaired) electrons. The molecule has 0 saturated carbocycles. The Labute approximate surface area is 118 Å². The highest BCUT2D eigenvalue weighted by Gasteiger charge is 2.09. The van der Waals surface area contributed by atoms with Gasteiger partial charge in [0.15, 0.2) is 0 Å². The van der Waals surface area contributed by atoms with E-state index in [0.29, 0.717) is 6.54 Å². The van der Waals surface area contributed by atoms with Gasteiger partial charge in [0.05, 0.1) is 6.20 Å². The van der Waals surface area contributed by atoms with Crippen molar-refractivity contribution in [2.24, 2.45) is 12.8 Å². The maximum absolute atomic E-state index is 6.09. The van der Waals surface area contributed by atoms with Gasteiger partial charge in [-0.3, -0.25) is 4.68 Å². The maximum Gasteiger partial charge on any atom is 0.0539 e. The molecule has 1 aromatic heterocycles. The van der Waals surface area contributed by atoms with Crippen LogP contribution in [0, 0.1) is 0 Å². The van der Waals surface area contributed by atoms with Crippen LogP contribution in [-0.4, -0.2) is 23.4 Å². The van der Waals surface area contributed by atoms with Gasteiger partial charge in [0.25, 0.3) is 0 Å². The van der Waals surface area contributed by atoms with E-state index in [1.165, 1.54) is 11.1 Å². The third kappa shape index (κ3) is 3.49. The molecule has 5 heteroatoms. The molecule has 102 valence electrons. The predicted octanol–water partition coefficient (Wildman–Crippen LogP) is 2.21. The summed E-state index contributed by atoms with van der Waals surface area (Å²) in [4.78, 5) is 2.17. The summed E-state index contributed by atoms with van der Waals surface area (Å²) in [5.41, 5.74) is 9.18. The Balaban J connectivity index is 2.21. The molecule has 2 aromatic rings. The van der Waals surface area contributed by atoms with Crippen molar-refractivity contribution in [1.29, 1.82) is 0 Å². The van der Waals surface area contributed by atoms with Gasteiger partial charge in [-0.15, -0.1) is 0 Å². The topological polar surface area (TPSA) is 47.1 Å². The number of anilines is 1. The molecule has 0 aliphatic carbocycles. The number of nitrogens with zero attached hydrogens (tertiary/aromatic N) is 3. The Hall–Kier alpha value is -1.52. The van der Waals surface area contributed by atoms with Crippen molar-refractivity contribution < 1.29 is 0 Å². The van der Waals surface area contributed by atoms with Crippen molar-refractivity contribution in [3.8, 4) is 0 Å². The molecule has 0 amide bonds. The Morgan fingerprint density at radius 3 is 2.84 bits per heavy atom. The van der Waals surface area contributed by atoms with Crippen molar-refractivity contribution in [2.75, 3.05) is 18.5 Å². The summed E-state index contributed by atoms with van der Waals surface area (Å²) >= 11 is 6.09. The van der Waals surface area contributed by atoms with Crippen LogP contribution in [-0.2, 0) is 20.0 Å². The molecule has 1 heterocycles. The van der Waals surface area contributed by atoms with E-state index in [4.69, 9.17) is 17.3 Å². The summed E-state index contributed by atoms with van der Waals surface area (Å²) in [6.07, 6.45) is 4.75. The van der Waals surface area contributed by atoms with Gasteiger partial charge in [0.2, 0.25) is 0 Å². The molecular formula is C14H19ClN4. The number of rotatable bonds is 5. The van der Waals surface area contributed by atoms with Gasteiger partial charge in [-0.05, 0) is 30.7 Å². The monoisotopic (exact) mass is 278 g/mol. The highest BCUT2D eigenvalue weighted by molar-refractivity contribution is 6.30. The van der Waals surface area contributed by atoms with Crippen molar-refractivity contribution in [1.82, 2.24) is 9.78 Å². The minimum atomic E-state index is 0.634. The van der Waals surface area contributed by atoms with E-state index in [0.717, 1.165) is 23.7 Å². The van der Waals surface area contributed by atoms with Crippen LogP contribution in [0.2, 0.25) is 5.02 Å². The normalized spacial score (nSPS) is 10.7. The summed E-state index contributed by atoms with van der Waals surface area (Å²) in [6.45, 7) is 1.43. The largest absolute Gasteiger partial charge is 0.370 e. The molecule has 2 rings (SSSR count). The summed E-state index contributed by atoms with van der Waals surface area (Å²) in [5, 5.41) is 4.93. The Kier molecular flexibility index (Phi) is 4.45. The number of hydrogen-bond donors (Lipinski definition) is 1. The molecule has 0 atom stereocenters. The van der Waals surface area contributed by atoms with Crippen molar-refractivity contribution >= 4 is 17.3 Å². The van der Waals surface area contributed by atoms with Crippen LogP contribution in [0.5, 0.6) is 0 Å². The Bertz CT molecular complexity index is 550. The average Bonchev–Trinajstić information content (AvgIpc) is 2.77. The second kappa shape index (κ2) is 6.08. The van der Waals surface area contributed by atoms with Crippen LogP contribution in [0.3, 0.4) is 0 Å². The molecular weight excluding hydrogens is 260 g/mol. The first kappa shape index (κ1) is 13.9. The van der Waals surface area contributed by atoms with Gasteiger partial charge < -0.3 is 10.6 Å². The molecule has 0 fully saturated rings. The summed E-state index contributed by atoms with van der Waals surface area (Å²) in [6, 6.07) is 5.95. The fraction of sp³-hybridized carbons (Fsp3) is 0.357. The van der Waals surface area contributed by atoms with Crippen molar-refractivity contribution in [3.63, 3.8) is 0 Å². The van der Waals surface area contributed by atoms with Gasteiger partial charge in [-0.2, -0.15) is 5.10 Å². The van der Waals surface area contributed by atoms with Crippen LogP contribution in [0.15, 0.2) is 30.6 Å². The first-order valence-corrected chi connectivity index (χ1v) is 6.65. The molecule has 19 heavy (non-hydrogen) atoms. The molecule has 2 N–H and O–H groups in total. The maximum atomic E-state index is 6.09. The standard InChI is InChI=1S/C14H19ClN4/c1-18(9-11-8-17-19(2)10-11)14-7-13(15)4-3-12(14)5-6-16/h3-4,7-8,10H,5-6,9,16H2,1-2H3. The molecule has 1 aromatic carbocycles. The van der Waals surface area contributed by atoms with Gasteiger partial charge >= 0.3 is 0 Å². The van der Waals surface area contributed by atoms with E-state index in [9.17, 15) is 0 Å². The molecule has 4 nitrogen and oxygen atoms in total. The van der Waals surface area contributed by atoms with Gasteiger partial charge in [-0.25, -0.2) is 0 Å². The van der Waals surface area contributed by atoms with Crippen molar-refractivity contribution in [3.05, 3.63) is 46.7 Å². The van der Waals surface area contributed by atoms with Crippen molar-refractivity contribution in [2.45, 2.75) is 13.0 Å². The number of nitrogens with two attached hydrogens (primary N) is 1. The van der Waals surface area contributed by atoms with Gasteiger partial charge in [-0.1, -0.05) is 17.7 Å². The zero-order valence-corrected chi connectivity index (χ0v) is 12.1. The molecule has 0 bridgehead atoms. The third-order valence-electron chi connectivity index (χ3n) is 3.05. The SMILES string of the molecule is CN(Cc1cnn(C)c1)c1cc(Cl)ccc1CCN. The quantitative estimate of drug-likeness (QED) is 0.912. The molecule has 0 spiro atoms. The second-order valence-corrected chi connectivity index (χ2v) is 5.13. The van der Waals surface area contributed by atoms with Crippen LogP contribution in [0.4, 0.5) is 5.69 Å². The minimum absolute atomic E-state index is 0.634. The molecule has 0 saturated heterocycles. The third-order valence-corrected chi connectivity index (χ3v) is 3.29. The number of benzene rings is 1. The lowest BCUT2D eigenvalue weighted by atomic mass is 10.1. The van der Waals surface area contributed by atoms with E-state index in [1.807, 2.05) is 42.3 Å². The number of hydrogen-bond acceptors (Lipinski definition) is 3. The molecule has 0 aliphatic rings. The highest BCUT2D eigenvalue weighted by Crippen LogP contribution is 2.25. The molecule has 0 aliphatic heterocycles. The second-order valence-electron chi connectivity index (χ2n) is 4.69. The van der Waals surface area contributed by atoms with E-state index in [1.54, 1.807) is 0 Å². The minimum Gasteiger partial charge on any atom is -0.370 e. The highest BCUT2D eigenvalue weighted by atomic mass is 35.5. The zero-order chi connectivity index (χ0) is 13.8. The predicted molar refractivity (Wildman–Crippen MR) is 79.5 cm³/mol. The smallest absolute Gasteiger partial charge is 0.0539 e. The average molecular weight is 279 g/mol. The van der Waals surface area contributed by atoms with Crippen LogP contribution in [0.25, 0.3) is 0 Å². The lowest BCUT2D eigenvalue weighted by Crippen LogP contribution is -2.18. The summed E-state index contributed by atoms with van der Waals surface area (Å²) in [5.74, 6) is 0. The number of aryl methyl sites for hydroxylation is 1. The van der Waals surface area contributed by atoms with E-state index >= 15 is 0 Å². The number of aromatic nitrogens is 2. The first-order chi connectivity index (χ1) is 9.10. The van der Waals surface area contributed by atoms with Gasteiger partial charge in [0, 0.05) is 43.1 Å².